The van der Waals surface area contributed by atoms with Gasteiger partial charge in [-0.25, -0.2) is 0 Å². The Morgan fingerprint density at radius 3 is 3.00 bits per heavy atom. The van der Waals surface area contributed by atoms with E-state index >= 15 is 0 Å². The lowest BCUT2D eigenvalue weighted by Crippen LogP contribution is -2.30. The topological polar surface area (TPSA) is 24.9 Å². The first-order valence-corrected chi connectivity index (χ1v) is 6.55. The predicted molar refractivity (Wildman–Crippen MR) is 67.6 cm³/mol. The summed E-state index contributed by atoms with van der Waals surface area (Å²) in [6.45, 7) is 3.35. The molecule has 1 aliphatic rings. The number of hydrogen-bond acceptors (Lipinski definition) is 2. The van der Waals surface area contributed by atoms with Gasteiger partial charge in [-0.1, -0.05) is 25.8 Å². The molecule has 1 saturated heterocycles. The van der Waals surface area contributed by atoms with Crippen LogP contribution in [0.2, 0.25) is 0 Å². The van der Waals surface area contributed by atoms with Crippen LogP contribution in [0.1, 0.15) is 43.9 Å². The third kappa shape index (κ3) is 3.31. The minimum absolute atomic E-state index is 0.641. The van der Waals surface area contributed by atoms with Gasteiger partial charge >= 0.3 is 0 Å². The van der Waals surface area contributed by atoms with Gasteiger partial charge in [-0.15, -0.1) is 0 Å². The predicted octanol–water partition coefficient (Wildman–Crippen LogP) is 2.72. The summed E-state index contributed by atoms with van der Waals surface area (Å²) in [7, 11) is 0. The Morgan fingerprint density at radius 1 is 1.31 bits per heavy atom. The van der Waals surface area contributed by atoms with Crippen LogP contribution in [0.15, 0.2) is 18.3 Å². The molecule has 16 heavy (non-hydrogen) atoms. The van der Waals surface area contributed by atoms with Gasteiger partial charge in [-0.3, -0.25) is 4.98 Å². The first kappa shape index (κ1) is 11.6. The zero-order valence-electron chi connectivity index (χ0n) is 10.2. The molecular formula is C14H22N2. The maximum Gasteiger partial charge on any atom is 0.0419 e. The molecule has 0 aliphatic carbocycles. The average molecular weight is 218 g/mol. The van der Waals surface area contributed by atoms with Gasteiger partial charge in [0.05, 0.1) is 0 Å². The van der Waals surface area contributed by atoms with Crippen LogP contribution >= 0.6 is 0 Å². The van der Waals surface area contributed by atoms with Crippen molar-refractivity contribution < 1.29 is 0 Å². The van der Waals surface area contributed by atoms with Crippen molar-refractivity contribution in [3.8, 4) is 0 Å². The molecule has 1 aliphatic heterocycles. The highest BCUT2D eigenvalue weighted by Gasteiger charge is 2.12. The Bertz CT molecular complexity index is 297. The van der Waals surface area contributed by atoms with E-state index in [1.54, 1.807) is 0 Å². The van der Waals surface area contributed by atoms with Gasteiger partial charge in [0.1, 0.15) is 0 Å². The number of nitrogens with zero attached hydrogens (tertiary/aromatic N) is 1. The van der Waals surface area contributed by atoms with Crippen molar-refractivity contribution in [1.29, 1.82) is 0 Å². The molecule has 0 radical (unpaired) electrons. The molecule has 0 aromatic carbocycles. The van der Waals surface area contributed by atoms with E-state index < -0.39 is 0 Å². The summed E-state index contributed by atoms with van der Waals surface area (Å²) >= 11 is 0. The molecule has 0 amide bonds. The van der Waals surface area contributed by atoms with E-state index in [0.717, 1.165) is 12.8 Å². The van der Waals surface area contributed by atoms with Gasteiger partial charge in [0, 0.05) is 24.4 Å². The second kappa shape index (κ2) is 6.00. The van der Waals surface area contributed by atoms with E-state index in [1.165, 1.54) is 43.5 Å². The largest absolute Gasteiger partial charge is 0.314 e. The number of hydrogen-bond donors (Lipinski definition) is 1. The molecule has 2 rings (SSSR count). The lowest BCUT2D eigenvalue weighted by Gasteiger charge is -2.15. The van der Waals surface area contributed by atoms with Crippen LogP contribution in [-0.4, -0.2) is 17.6 Å². The van der Waals surface area contributed by atoms with E-state index in [1.807, 2.05) is 6.20 Å². The molecule has 2 heterocycles. The smallest absolute Gasteiger partial charge is 0.0419 e. The van der Waals surface area contributed by atoms with Crippen molar-refractivity contribution in [3.63, 3.8) is 0 Å². The molecular weight excluding hydrogens is 196 g/mol. The van der Waals surface area contributed by atoms with Crippen LogP contribution in [-0.2, 0) is 12.8 Å². The van der Waals surface area contributed by atoms with Crippen LogP contribution < -0.4 is 5.32 Å². The van der Waals surface area contributed by atoms with Gasteiger partial charge in [0.15, 0.2) is 0 Å². The first-order valence-electron chi connectivity index (χ1n) is 6.55. The Labute approximate surface area is 98.5 Å². The lowest BCUT2D eigenvalue weighted by atomic mass is 10.0. The van der Waals surface area contributed by atoms with Crippen molar-refractivity contribution in [3.05, 3.63) is 29.6 Å². The van der Waals surface area contributed by atoms with Gasteiger partial charge in [0.2, 0.25) is 0 Å². The molecule has 0 spiro atoms. The molecule has 1 fully saturated rings. The minimum atomic E-state index is 0.641. The Morgan fingerprint density at radius 2 is 2.25 bits per heavy atom. The van der Waals surface area contributed by atoms with E-state index in [2.05, 4.69) is 29.4 Å². The number of aromatic nitrogens is 1. The lowest BCUT2D eigenvalue weighted by molar-refractivity contribution is 0.503. The molecule has 1 N–H and O–H groups in total. The fourth-order valence-electron chi connectivity index (χ4n) is 2.31. The highest BCUT2D eigenvalue weighted by Crippen LogP contribution is 2.12. The minimum Gasteiger partial charge on any atom is -0.314 e. The van der Waals surface area contributed by atoms with Crippen LogP contribution in [0.5, 0.6) is 0 Å². The summed E-state index contributed by atoms with van der Waals surface area (Å²) in [6.07, 6.45) is 9.57. The Kier molecular flexibility index (Phi) is 4.34. The second-order valence-electron chi connectivity index (χ2n) is 4.72. The summed E-state index contributed by atoms with van der Waals surface area (Å²) in [5.74, 6) is 0. The quantitative estimate of drug-likeness (QED) is 0.843. The summed E-state index contributed by atoms with van der Waals surface area (Å²) in [6, 6.07) is 5.03. The zero-order valence-corrected chi connectivity index (χ0v) is 10.2. The monoisotopic (exact) mass is 218 g/mol. The van der Waals surface area contributed by atoms with Crippen molar-refractivity contribution in [2.45, 2.75) is 51.5 Å². The molecule has 2 heteroatoms. The number of pyridine rings is 1. The standard InChI is InChI=1S/C14H22N2/c1-2-12-7-8-14(16-11-12)10-13-6-4-3-5-9-15-13/h7-8,11,13,15H,2-6,9-10H2,1H3/t13-/m1/s1. The summed E-state index contributed by atoms with van der Waals surface area (Å²) in [4.78, 5) is 4.53. The van der Waals surface area contributed by atoms with Gasteiger partial charge in [-0.05, 0) is 37.4 Å². The molecule has 2 nitrogen and oxygen atoms in total. The molecule has 88 valence electrons. The molecule has 0 saturated carbocycles. The third-order valence-electron chi connectivity index (χ3n) is 3.41. The van der Waals surface area contributed by atoms with Gasteiger partial charge in [-0.2, -0.15) is 0 Å². The Balaban J connectivity index is 1.91. The van der Waals surface area contributed by atoms with Crippen LogP contribution in [0, 0.1) is 0 Å². The van der Waals surface area contributed by atoms with Crippen LogP contribution in [0.4, 0.5) is 0 Å². The van der Waals surface area contributed by atoms with Crippen molar-refractivity contribution in [1.82, 2.24) is 10.3 Å². The van der Waals surface area contributed by atoms with Crippen LogP contribution in [0.25, 0.3) is 0 Å². The Hall–Kier alpha value is -0.890. The SMILES string of the molecule is CCc1ccc(C[C@H]2CCCCCN2)nc1. The summed E-state index contributed by atoms with van der Waals surface area (Å²) in [5, 5.41) is 3.62. The molecule has 1 aromatic heterocycles. The highest BCUT2D eigenvalue weighted by atomic mass is 14.9. The maximum absolute atomic E-state index is 4.53. The summed E-state index contributed by atoms with van der Waals surface area (Å²) in [5.41, 5.74) is 2.56. The molecule has 0 bridgehead atoms. The normalized spacial score (nSPS) is 21.7. The summed E-state index contributed by atoms with van der Waals surface area (Å²) < 4.78 is 0. The van der Waals surface area contributed by atoms with Crippen molar-refractivity contribution >= 4 is 0 Å². The fourth-order valence-corrected chi connectivity index (χ4v) is 2.31. The van der Waals surface area contributed by atoms with E-state index in [4.69, 9.17) is 0 Å². The van der Waals surface area contributed by atoms with E-state index in [-0.39, 0.29) is 0 Å². The third-order valence-corrected chi connectivity index (χ3v) is 3.41. The zero-order chi connectivity index (χ0) is 11.2. The molecule has 1 atom stereocenters. The molecule has 0 unspecified atom stereocenters. The number of nitrogens with one attached hydrogen (secondary N) is 1. The molecule has 1 aromatic rings. The van der Waals surface area contributed by atoms with Gasteiger partial charge in [0.25, 0.3) is 0 Å². The van der Waals surface area contributed by atoms with Crippen LogP contribution in [0.3, 0.4) is 0 Å². The van der Waals surface area contributed by atoms with Crippen molar-refractivity contribution in [2.75, 3.05) is 6.54 Å². The van der Waals surface area contributed by atoms with E-state index in [0.29, 0.717) is 6.04 Å². The second-order valence-corrected chi connectivity index (χ2v) is 4.72. The number of aryl methyl sites for hydroxylation is 1. The first-order chi connectivity index (χ1) is 7.88. The van der Waals surface area contributed by atoms with Gasteiger partial charge < -0.3 is 5.32 Å². The van der Waals surface area contributed by atoms with E-state index in [9.17, 15) is 0 Å². The average Bonchev–Trinajstić information content (AvgIpc) is 2.59. The maximum atomic E-state index is 4.53. The number of rotatable bonds is 3. The fraction of sp³-hybridized carbons (Fsp3) is 0.643. The van der Waals surface area contributed by atoms with Crippen molar-refractivity contribution in [2.24, 2.45) is 0 Å². The highest BCUT2D eigenvalue weighted by molar-refractivity contribution is 5.14.